The summed E-state index contributed by atoms with van der Waals surface area (Å²) in [6.07, 6.45) is 2.46. The molecule has 0 saturated carbocycles. The van der Waals surface area contributed by atoms with Crippen LogP contribution in [0.4, 0.5) is 5.69 Å². The molecule has 1 N–H and O–H groups in total. The number of hydrogen-bond donors (Lipinski definition) is 1. The van der Waals surface area contributed by atoms with Crippen LogP contribution in [0.2, 0.25) is 0 Å². The minimum atomic E-state index is -0.423. The van der Waals surface area contributed by atoms with Gasteiger partial charge in [0.25, 0.3) is 0 Å². The fraction of sp³-hybridized carbons (Fsp3) is 0.304. The average molecular weight is 438 g/mol. The van der Waals surface area contributed by atoms with Crippen molar-refractivity contribution in [1.82, 2.24) is 19.7 Å². The third-order valence-electron chi connectivity index (χ3n) is 4.95. The van der Waals surface area contributed by atoms with Crippen LogP contribution in [0.25, 0.3) is 5.69 Å². The highest BCUT2D eigenvalue weighted by atomic mass is 32.2. The number of carbonyl (C=O) groups is 2. The fourth-order valence-electron chi connectivity index (χ4n) is 3.26. The number of rotatable bonds is 8. The number of hydrogen-bond acceptors (Lipinski definition) is 5. The van der Waals surface area contributed by atoms with E-state index in [0.717, 1.165) is 28.9 Å². The Balaban J connectivity index is 1.62. The van der Waals surface area contributed by atoms with Crippen LogP contribution in [0.1, 0.15) is 25.0 Å². The van der Waals surface area contributed by atoms with Gasteiger partial charge >= 0.3 is 0 Å². The summed E-state index contributed by atoms with van der Waals surface area (Å²) in [5.41, 5.74) is 3.90. The summed E-state index contributed by atoms with van der Waals surface area (Å²) in [5.74, 6) is -0.375. The molecule has 1 heterocycles. The Labute approximate surface area is 186 Å². The summed E-state index contributed by atoms with van der Waals surface area (Å²) < 4.78 is 1.87. The Kier molecular flexibility index (Phi) is 7.46. The van der Waals surface area contributed by atoms with Crippen LogP contribution in [0.15, 0.2) is 60.0 Å². The maximum atomic E-state index is 12.9. The molecular weight excluding hydrogens is 410 g/mol. The van der Waals surface area contributed by atoms with Crippen LogP contribution in [-0.2, 0) is 16.0 Å². The zero-order valence-corrected chi connectivity index (χ0v) is 19.0. The van der Waals surface area contributed by atoms with Gasteiger partial charge in [-0.2, -0.15) is 0 Å². The van der Waals surface area contributed by atoms with Gasteiger partial charge in [-0.1, -0.05) is 55.1 Å². The molecule has 2 aromatic carbocycles. The van der Waals surface area contributed by atoms with Gasteiger partial charge in [0.15, 0.2) is 5.16 Å². The predicted octanol–water partition coefficient (Wildman–Crippen LogP) is 3.72. The van der Waals surface area contributed by atoms with Crippen LogP contribution < -0.4 is 5.32 Å². The van der Waals surface area contributed by atoms with E-state index in [1.807, 2.05) is 73.9 Å². The molecule has 7 nitrogen and oxygen atoms in total. The van der Waals surface area contributed by atoms with Crippen molar-refractivity contribution in [3.05, 3.63) is 66.0 Å². The Morgan fingerprint density at radius 3 is 2.61 bits per heavy atom. The fourth-order valence-corrected chi connectivity index (χ4v) is 4.21. The van der Waals surface area contributed by atoms with Crippen molar-refractivity contribution in [2.24, 2.45) is 0 Å². The van der Waals surface area contributed by atoms with Crippen molar-refractivity contribution in [3.63, 3.8) is 0 Å². The Bertz CT molecular complexity index is 1070. The number of para-hydroxylation sites is 2. The average Bonchev–Trinajstić information content (AvgIpc) is 3.21. The summed E-state index contributed by atoms with van der Waals surface area (Å²) >= 11 is 1.32. The summed E-state index contributed by atoms with van der Waals surface area (Å²) in [4.78, 5) is 26.8. The first-order valence-corrected chi connectivity index (χ1v) is 11.0. The highest BCUT2D eigenvalue weighted by Crippen LogP contribution is 2.26. The minimum Gasteiger partial charge on any atom is -0.335 e. The van der Waals surface area contributed by atoms with Crippen molar-refractivity contribution in [3.8, 4) is 5.69 Å². The Hall–Kier alpha value is -3.13. The van der Waals surface area contributed by atoms with Gasteiger partial charge in [-0.15, -0.1) is 10.2 Å². The molecular formula is C23H27N5O2S. The molecule has 0 bridgehead atoms. The number of nitrogens with one attached hydrogen (secondary N) is 1. The van der Waals surface area contributed by atoms with Gasteiger partial charge in [-0.05, 0) is 43.5 Å². The maximum absolute atomic E-state index is 12.9. The normalized spacial score (nSPS) is 11.7. The number of benzene rings is 2. The largest absolute Gasteiger partial charge is 0.335 e. The van der Waals surface area contributed by atoms with Crippen LogP contribution in [0.3, 0.4) is 0 Å². The van der Waals surface area contributed by atoms with E-state index < -0.39 is 5.25 Å². The van der Waals surface area contributed by atoms with E-state index in [0.29, 0.717) is 5.16 Å². The monoisotopic (exact) mass is 437 g/mol. The highest BCUT2D eigenvalue weighted by molar-refractivity contribution is 8.00. The highest BCUT2D eigenvalue weighted by Gasteiger charge is 2.23. The van der Waals surface area contributed by atoms with Gasteiger partial charge in [-0.3, -0.25) is 14.2 Å². The number of aryl methyl sites for hydroxylation is 2. The molecule has 1 atom stereocenters. The number of likely N-dealkylation sites (N-methyl/N-ethyl adjacent to an activating group) is 1. The molecule has 0 fully saturated rings. The number of anilines is 1. The molecule has 0 saturated heterocycles. The van der Waals surface area contributed by atoms with Crippen LogP contribution in [0, 0.1) is 6.92 Å². The van der Waals surface area contributed by atoms with Gasteiger partial charge in [0.05, 0.1) is 17.5 Å². The summed E-state index contributed by atoms with van der Waals surface area (Å²) in [5, 5.41) is 11.3. The Morgan fingerprint density at radius 1 is 1.16 bits per heavy atom. The number of thioether (sulfide) groups is 1. The van der Waals surface area contributed by atoms with E-state index in [2.05, 4.69) is 15.5 Å². The molecule has 162 valence electrons. The first kappa shape index (κ1) is 22.6. The molecule has 3 aromatic rings. The summed E-state index contributed by atoms with van der Waals surface area (Å²) in [6.45, 7) is 5.84. The molecule has 1 unspecified atom stereocenters. The van der Waals surface area contributed by atoms with E-state index in [4.69, 9.17) is 0 Å². The maximum Gasteiger partial charge on any atom is 0.243 e. The zero-order chi connectivity index (χ0) is 22.4. The molecule has 0 spiro atoms. The van der Waals surface area contributed by atoms with Crippen LogP contribution in [0.5, 0.6) is 0 Å². The van der Waals surface area contributed by atoms with Crippen molar-refractivity contribution in [2.45, 2.75) is 37.6 Å². The smallest absolute Gasteiger partial charge is 0.243 e. The first-order chi connectivity index (χ1) is 14.9. The summed E-state index contributed by atoms with van der Waals surface area (Å²) in [7, 11) is 1.64. The number of carbonyl (C=O) groups excluding carboxylic acids is 2. The lowest BCUT2D eigenvalue weighted by atomic mass is 10.1. The van der Waals surface area contributed by atoms with E-state index in [1.54, 1.807) is 13.4 Å². The third kappa shape index (κ3) is 5.52. The number of nitrogens with zero attached hydrogens (tertiary/aromatic N) is 4. The molecule has 0 radical (unpaired) electrons. The summed E-state index contributed by atoms with van der Waals surface area (Å²) in [6, 6.07) is 15.6. The van der Waals surface area contributed by atoms with E-state index >= 15 is 0 Å². The van der Waals surface area contributed by atoms with Gasteiger partial charge in [0.1, 0.15) is 6.33 Å². The topological polar surface area (TPSA) is 80.1 Å². The van der Waals surface area contributed by atoms with E-state index in [-0.39, 0.29) is 18.4 Å². The van der Waals surface area contributed by atoms with Gasteiger partial charge in [0, 0.05) is 12.7 Å². The van der Waals surface area contributed by atoms with Crippen LogP contribution >= 0.6 is 11.8 Å². The molecule has 0 aliphatic carbocycles. The first-order valence-electron chi connectivity index (χ1n) is 10.2. The molecule has 0 aliphatic heterocycles. The number of amides is 2. The SMILES string of the molecule is CCc1ccccc1NC(=O)CN(C)C(=O)C(C)Sc1nncn1-c1ccccc1C. The second kappa shape index (κ2) is 10.3. The number of aromatic nitrogens is 3. The van der Waals surface area contributed by atoms with Gasteiger partial charge in [0.2, 0.25) is 11.8 Å². The molecule has 0 aliphatic rings. The van der Waals surface area contributed by atoms with Crippen molar-refractivity contribution in [2.75, 3.05) is 18.9 Å². The lowest BCUT2D eigenvalue weighted by molar-refractivity contribution is -0.132. The lowest BCUT2D eigenvalue weighted by Gasteiger charge is -2.21. The molecule has 1 aromatic heterocycles. The van der Waals surface area contributed by atoms with Crippen molar-refractivity contribution in [1.29, 1.82) is 0 Å². The minimum absolute atomic E-state index is 0.0216. The standard InChI is InChI=1S/C23H27N5O2S/c1-5-18-11-7-8-12-19(18)25-21(29)14-27(4)22(30)17(3)31-23-26-24-15-28(23)20-13-9-6-10-16(20)2/h6-13,15,17H,5,14H2,1-4H3,(H,25,29). The third-order valence-corrected chi connectivity index (χ3v) is 6.00. The predicted molar refractivity (Wildman–Crippen MR) is 124 cm³/mol. The zero-order valence-electron chi connectivity index (χ0n) is 18.2. The molecule has 2 amide bonds. The van der Waals surface area contributed by atoms with Crippen molar-refractivity contribution < 1.29 is 9.59 Å². The van der Waals surface area contributed by atoms with Crippen molar-refractivity contribution >= 4 is 29.3 Å². The Morgan fingerprint density at radius 2 is 1.87 bits per heavy atom. The second-order valence-corrected chi connectivity index (χ2v) is 8.59. The van der Waals surface area contributed by atoms with Crippen LogP contribution in [-0.4, -0.2) is 50.3 Å². The molecule has 31 heavy (non-hydrogen) atoms. The quantitative estimate of drug-likeness (QED) is 0.544. The molecule has 3 rings (SSSR count). The van der Waals surface area contributed by atoms with Gasteiger partial charge in [-0.25, -0.2) is 0 Å². The van der Waals surface area contributed by atoms with Gasteiger partial charge < -0.3 is 10.2 Å². The van der Waals surface area contributed by atoms with E-state index in [9.17, 15) is 9.59 Å². The lowest BCUT2D eigenvalue weighted by Crippen LogP contribution is -2.39. The molecule has 8 heteroatoms. The van der Waals surface area contributed by atoms with E-state index in [1.165, 1.54) is 16.7 Å². The second-order valence-electron chi connectivity index (χ2n) is 7.28.